The quantitative estimate of drug-likeness (QED) is 0.694. The van der Waals surface area contributed by atoms with Crippen LogP contribution >= 0.6 is 0 Å². The van der Waals surface area contributed by atoms with Crippen molar-refractivity contribution in [1.82, 2.24) is 5.32 Å². The third kappa shape index (κ3) is 4.92. The number of nitrogens with one attached hydrogen (secondary N) is 1. The van der Waals surface area contributed by atoms with Gasteiger partial charge in [0.05, 0.1) is 0 Å². The Bertz CT molecular complexity index is 420. The molecule has 98 valence electrons. The highest BCUT2D eigenvalue weighted by Crippen LogP contribution is 2.02. The molecule has 0 fully saturated rings. The van der Waals surface area contributed by atoms with Crippen LogP contribution in [0.25, 0.3) is 0 Å². The van der Waals surface area contributed by atoms with Crippen molar-refractivity contribution in [2.45, 2.75) is 25.4 Å². The largest absolute Gasteiger partial charge is 0.480 e. The first kappa shape index (κ1) is 14.1. The summed E-state index contributed by atoms with van der Waals surface area (Å²) in [7, 11) is 0. The lowest BCUT2D eigenvalue weighted by atomic mass is 10.1. The van der Waals surface area contributed by atoms with Gasteiger partial charge in [0.2, 0.25) is 5.91 Å². The van der Waals surface area contributed by atoms with Crippen molar-refractivity contribution in [2.24, 2.45) is 5.73 Å². The molecule has 4 N–H and O–H groups in total. The maximum absolute atomic E-state index is 12.6. The zero-order valence-electron chi connectivity index (χ0n) is 9.73. The fourth-order valence-corrected chi connectivity index (χ4v) is 1.30. The van der Waals surface area contributed by atoms with Gasteiger partial charge >= 0.3 is 5.97 Å². The summed E-state index contributed by atoms with van der Waals surface area (Å²) in [6, 6.07) is 4.72. The molecule has 1 aromatic rings. The number of hydrogen-bond donors (Lipinski definition) is 3. The Morgan fingerprint density at radius 3 is 2.50 bits per heavy atom. The number of benzene rings is 1. The lowest BCUT2D eigenvalue weighted by Crippen LogP contribution is -2.32. The summed E-state index contributed by atoms with van der Waals surface area (Å²) in [6.45, 7) is 0.279. The number of amides is 1. The van der Waals surface area contributed by atoms with Crippen LogP contribution in [0.4, 0.5) is 4.39 Å². The minimum absolute atomic E-state index is 0.0503. The van der Waals surface area contributed by atoms with Crippen LogP contribution in [0, 0.1) is 5.82 Å². The van der Waals surface area contributed by atoms with Gasteiger partial charge in [-0.2, -0.15) is 0 Å². The van der Waals surface area contributed by atoms with E-state index in [0.29, 0.717) is 0 Å². The molecule has 0 spiro atoms. The highest BCUT2D eigenvalue weighted by Gasteiger charge is 2.13. The maximum atomic E-state index is 12.6. The van der Waals surface area contributed by atoms with Crippen LogP contribution in [-0.4, -0.2) is 23.0 Å². The van der Waals surface area contributed by atoms with Crippen molar-refractivity contribution >= 4 is 11.9 Å². The van der Waals surface area contributed by atoms with Crippen molar-refractivity contribution in [3.63, 3.8) is 0 Å². The molecule has 6 heteroatoms. The van der Waals surface area contributed by atoms with E-state index in [-0.39, 0.29) is 31.1 Å². The predicted octanol–water partition coefficient (Wildman–Crippen LogP) is 0.634. The molecule has 1 amide bonds. The van der Waals surface area contributed by atoms with Crippen LogP contribution in [0.3, 0.4) is 0 Å². The Balaban J connectivity index is 2.29. The van der Waals surface area contributed by atoms with E-state index in [9.17, 15) is 14.0 Å². The second kappa shape index (κ2) is 6.70. The van der Waals surface area contributed by atoms with Gasteiger partial charge in [-0.1, -0.05) is 12.1 Å². The zero-order valence-corrected chi connectivity index (χ0v) is 9.73. The van der Waals surface area contributed by atoms with Gasteiger partial charge in [-0.05, 0) is 24.1 Å². The molecule has 1 atom stereocenters. The van der Waals surface area contributed by atoms with E-state index >= 15 is 0 Å². The summed E-state index contributed by atoms with van der Waals surface area (Å²) in [4.78, 5) is 21.8. The van der Waals surface area contributed by atoms with Gasteiger partial charge in [0.15, 0.2) is 0 Å². The molecule has 0 bridgehead atoms. The smallest absolute Gasteiger partial charge is 0.320 e. The molecule has 0 unspecified atom stereocenters. The molecule has 18 heavy (non-hydrogen) atoms. The van der Waals surface area contributed by atoms with Gasteiger partial charge in [-0.25, -0.2) is 4.39 Å². The summed E-state index contributed by atoms with van der Waals surface area (Å²) in [5.74, 6) is -1.74. The molecule has 5 nitrogen and oxygen atoms in total. The van der Waals surface area contributed by atoms with E-state index in [0.717, 1.165) is 5.56 Å². The van der Waals surface area contributed by atoms with Crippen molar-refractivity contribution in [3.05, 3.63) is 35.6 Å². The summed E-state index contributed by atoms with van der Waals surface area (Å²) in [5, 5.41) is 11.1. The molecule has 0 aliphatic carbocycles. The average molecular weight is 254 g/mol. The van der Waals surface area contributed by atoms with Gasteiger partial charge in [0.1, 0.15) is 11.9 Å². The number of carbonyl (C=O) groups excluding carboxylic acids is 1. The van der Waals surface area contributed by atoms with E-state index in [1.165, 1.54) is 12.1 Å². The van der Waals surface area contributed by atoms with Crippen LogP contribution in [0.15, 0.2) is 24.3 Å². The van der Waals surface area contributed by atoms with Crippen LogP contribution in [0.2, 0.25) is 0 Å². The number of nitrogens with two attached hydrogens (primary N) is 1. The minimum atomic E-state index is -1.12. The second-order valence-corrected chi connectivity index (χ2v) is 3.89. The van der Waals surface area contributed by atoms with Crippen molar-refractivity contribution in [3.8, 4) is 0 Å². The topological polar surface area (TPSA) is 92.4 Å². The fourth-order valence-electron chi connectivity index (χ4n) is 1.30. The Kier molecular flexibility index (Phi) is 5.26. The van der Waals surface area contributed by atoms with Crippen LogP contribution in [0.5, 0.6) is 0 Å². The molecule has 1 rings (SSSR count). The van der Waals surface area contributed by atoms with Crippen LogP contribution in [0.1, 0.15) is 18.4 Å². The number of carboxylic acid groups (broad SMARTS) is 1. The normalized spacial score (nSPS) is 11.9. The van der Waals surface area contributed by atoms with Gasteiger partial charge in [0.25, 0.3) is 0 Å². The molecule has 0 saturated carbocycles. The van der Waals surface area contributed by atoms with E-state index in [2.05, 4.69) is 5.32 Å². The molecule has 0 radical (unpaired) electrons. The summed E-state index contributed by atoms with van der Waals surface area (Å²) < 4.78 is 12.6. The summed E-state index contributed by atoms with van der Waals surface area (Å²) in [5.41, 5.74) is 6.04. The highest BCUT2D eigenvalue weighted by molar-refractivity contribution is 5.78. The first-order valence-electron chi connectivity index (χ1n) is 5.48. The Morgan fingerprint density at radius 2 is 1.94 bits per heavy atom. The highest BCUT2D eigenvalue weighted by atomic mass is 19.1. The van der Waals surface area contributed by atoms with Gasteiger partial charge in [0, 0.05) is 13.0 Å². The standard InChI is InChI=1S/C12H15FN2O3/c13-9-3-1-8(2-4-9)7-15-11(16)6-5-10(14)12(17)18/h1-4,10H,5-7,14H2,(H,15,16)(H,17,18)/t10-/m0/s1. The van der Waals surface area contributed by atoms with E-state index < -0.39 is 12.0 Å². The molecule has 0 aliphatic rings. The fraction of sp³-hybridized carbons (Fsp3) is 0.333. The van der Waals surface area contributed by atoms with Crippen molar-refractivity contribution < 1.29 is 19.1 Å². The van der Waals surface area contributed by atoms with E-state index in [4.69, 9.17) is 10.8 Å². The van der Waals surface area contributed by atoms with Crippen molar-refractivity contribution in [2.75, 3.05) is 0 Å². The zero-order chi connectivity index (χ0) is 13.5. The van der Waals surface area contributed by atoms with E-state index in [1.807, 2.05) is 0 Å². The SMILES string of the molecule is N[C@@H](CCC(=O)NCc1ccc(F)cc1)C(=O)O. The monoisotopic (exact) mass is 254 g/mol. The minimum Gasteiger partial charge on any atom is -0.480 e. The van der Waals surface area contributed by atoms with Crippen LogP contribution < -0.4 is 11.1 Å². The first-order chi connectivity index (χ1) is 8.49. The second-order valence-electron chi connectivity index (χ2n) is 3.89. The number of carbonyl (C=O) groups is 2. The lowest BCUT2D eigenvalue weighted by Gasteiger charge is -2.07. The predicted molar refractivity (Wildman–Crippen MR) is 63.1 cm³/mol. The molecule has 0 saturated heterocycles. The number of carboxylic acids is 1. The molecule has 0 heterocycles. The molecule has 1 aromatic carbocycles. The summed E-state index contributed by atoms with van der Waals surface area (Å²) >= 11 is 0. The molecular weight excluding hydrogens is 239 g/mol. The number of rotatable bonds is 6. The summed E-state index contributed by atoms with van der Waals surface area (Å²) in [6.07, 6.45) is 0.138. The maximum Gasteiger partial charge on any atom is 0.320 e. The van der Waals surface area contributed by atoms with E-state index in [1.54, 1.807) is 12.1 Å². The Labute approximate surface area is 104 Å². The first-order valence-corrected chi connectivity index (χ1v) is 5.48. The number of aliphatic carboxylic acids is 1. The Morgan fingerprint density at radius 1 is 1.33 bits per heavy atom. The third-order valence-electron chi connectivity index (χ3n) is 2.40. The van der Waals surface area contributed by atoms with Gasteiger partial charge in [-0.15, -0.1) is 0 Å². The van der Waals surface area contributed by atoms with Gasteiger partial charge in [-0.3, -0.25) is 9.59 Å². The lowest BCUT2D eigenvalue weighted by molar-refractivity contribution is -0.138. The van der Waals surface area contributed by atoms with Crippen LogP contribution in [-0.2, 0) is 16.1 Å². The number of halogens is 1. The molecular formula is C12H15FN2O3. The molecule has 0 aromatic heterocycles. The van der Waals surface area contributed by atoms with Gasteiger partial charge < -0.3 is 16.2 Å². The molecule has 0 aliphatic heterocycles. The van der Waals surface area contributed by atoms with Crippen molar-refractivity contribution in [1.29, 1.82) is 0 Å². The third-order valence-corrected chi connectivity index (χ3v) is 2.40. The Hall–Kier alpha value is -1.95. The average Bonchev–Trinajstić information content (AvgIpc) is 2.35. The number of hydrogen-bond acceptors (Lipinski definition) is 3.